The van der Waals surface area contributed by atoms with E-state index in [-0.39, 0.29) is 5.82 Å². The second kappa shape index (κ2) is 4.89. The fourth-order valence-corrected chi connectivity index (χ4v) is 3.46. The first-order chi connectivity index (χ1) is 8.79. The van der Waals surface area contributed by atoms with Crippen molar-refractivity contribution in [1.29, 1.82) is 0 Å². The fraction of sp³-hybridized carbons (Fsp3) is 0.312. The highest BCUT2D eigenvalue weighted by atomic mass is 28.3. The third-order valence-corrected chi connectivity index (χ3v) is 5.52. The molecule has 1 aromatic heterocycles. The van der Waals surface area contributed by atoms with Crippen molar-refractivity contribution in [3.05, 3.63) is 47.9 Å². The standard InChI is InChI=1S/C16H21FNSi/c1-12-10-14(19(3,4)5)6-7-15(12)16-11-13(17)8-9-18(16)2/h6-11H,1-5H3/q+1. The summed E-state index contributed by atoms with van der Waals surface area (Å²) in [5, 5.41) is 1.44. The molecular weight excluding hydrogens is 253 g/mol. The average Bonchev–Trinajstić information content (AvgIpc) is 2.31. The summed E-state index contributed by atoms with van der Waals surface area (Å²) in [7, 11) is 0.651. The van der Waals surface area contributed by atoms with Crippen molar-refractivity contribution in [2.24, 2.45) is 7.05 Å². The molecule has 0 unspecified atom stereocenters. The number of benzene rings is 1. The fourth-order valence-electron chi connectivity index (χ4n) is 2.23. The van der Waals surface area contributed by atoms with Gasteiger partial charge in [-0.1, -0.05) is 37.0 Å². The molecule has 2 rings (SSSR count). The molecule has 1 aromatic carbocycles. The predicted molar refractivity (Wildman–Crippen MR) is 80.7 cm³/mol. The Balaban J connectivity index is 2.55. The van der Waals surface area contributed by atoms with Gasteiger partial charge in [0.1, 0.15) is 12.9 Å². The zero-order valence-corrected chi connectivity index (χ0v) is 13.3. The molecule has 0 saturated heterocycles. The van der Waals surface area contributed by atoms with E-state index in [4.69, 9.17) is 0 Å². The van der Waals surface area contributed by atoms with Crippen LogP contribution in [-0.4, -0.2) is 8.07 Å². The van der Waals surface area contributed by atoms with E-state index in [1.54, 1.807) is 12.3 Å². The number of aromatic nitrogens is 1. The molecule has 2 aromatic rings. The van der Waals surface area contributed by atoms with Gasteiger partial charge < -0.3 is 0 Å². The van der Waals surface area contributed by atoms with Gasteiger partial charge in [0.2, 0.25) is 5.69 Å². The molecule has 0 amide bonds. The Hall–Kier alpha value is -1.48. The molecule has 0 atom stereocenters. The minimum Gasteiger partial charge on any atom is -0.207 e. The van der Waals surface area contributed by atoms with Crippen molar-refractivity contribution in [2.75, 3.05) is 0 Å². The first-order valence-corrected chi connectivity index (χ1v) is 10.1. The number of nitrogens with zero attached hydrogens (tertiary/aromatic N) is 1. The van der Waals surface area contributed by atoms with E-state index < -0.39 is 8.07 Å². The van der Waals surface area contributed by atoms with Crippen LogP contribution in [0.2, 0.25) is 19.6 Å². The maximum atomic E-state index is 13.4. The van der Waals surface area contributed by atoms with Gasteiger partial charge in [-0.25, -0.2) is 8.96 Å². The van der Waals surface area contributed by atoms with Gasteiger partial charge in [0, 0.05) is 17.7 Å². The molecule has 100 valence electrons. The van der Waals surface area contributed by atoms with Crippen LogP contribution in [0.3, 0.4) is 0 Å². The smallest absolute Gasteiger partial charge is 0.207 e. The first-order valence-electron chi connectivity index (χ1n) is 6.56. The summed E-state index contributed by atoms with van der Waals surface area (Å²) in [6, 6.07) is 9.65. The lowest BCUT2D eigenvalue weighted by molar-refractivity contribution is -0.660. The van der Waals surface area contributed by atoms with E-state index in [2.05, 4.69) is 44.8 Å². The Morgan fingerprint density at radius 2 is 1.74 bits per heavy atom. The van der Waals surface area contributed by atoms with Crippen LogP contribution in [0.5, 0.6) is 0 Å². The number of halogens is 1. The lowest BCUT2D eigenvalue weighted by Gasteiger charge is -2.18. The minimum absolute atomic E-state index is 0.193. The van der Waals surface area contributed by atoms with Crippen LogP contribution in [0, 0.1) is 12.7 Å². The molecule has 0 radical (unpaired) electrons. The highest BCUT2D eigenvalue weighted by Gasteiger charge is 2.19. The Bertz CT molecular complexity index is 615. The van der Waals surface area contributed by atoms with Crippen LogP contribution in [0.15, 0.2) is 36.5 Å². The van der Waals surface area contributed by atoms with E-state index in [1.807, 2.05) is 11.6 Å². The van der Waals surface area contributed by atoms with Crippen molar-refractivity contribution in [1.82, 2.24) is 0 Å². The van der Waals surface area contributed by atoms with E-state index in [1.165, 1.54) is 16.8 Å². The van der Waals surface area contributed by atoms with Crippen LogP contribution >= 0.6 is 0 Å². The molecule has 0 aliphatic carbocycles. The summed E-state index contributed by atoms with van der Waals surface area (Å²) in [6.45, 7) is 9.11. The molecule has 0 saturated carbocycles. The Kier molecular flexibility index (Phi) is 3.59. The van der Waals surface area contributed by atoms with E-state index in [9.17, 15) is 4.39 Å². The molecule has 0 aliphatic rings. The zero-order chi connectivity index (χ0) is 14.2. The molecule has 0 fully saturated rings. The second-order valence-corrected chi connectivity index (χ2v) is 11.2. The van der Waals surface area contributed by atoms with Crippen LogP contribution in [0.4, 0.5) is 4.39 Å². The maximum absolute atomic E-state index is 13.4. The van der Waals surface area contributed by atoms with Crippen LogP contribution in [-0.2, 0) is 7.05 Å². The molecule has 1 nitrogen and oxygen atoms in total. The average molecular weight is 274 g/mol. The first kappa shape index (κ1) is 13.9. The van der Waals surface area contributed by atoms with Gasteiger partial charge in [-0.2, -0.15) is 0 Å². The summed E-state index contributed by atoms with van der Waals surface area (Å²) >= 11 is 0. The SMILES string of the molecule is Cc1cc([Si](C)(C)C)ccc1-c1cc(F)cc[n+]1C. The number of hydrogen-bond acceptors (Lipinski definition) is 0. The molecular formula is C16H21FNSi+. The Morgan fingerprint density at radius 3 is 2.32 bits per heavy atom. The van der Waals surface area contributed by atoms with E-state index >= 15 is 0 Å². The number of rotatable bonds is 2. The van der Waals surface area contributed by atoms with Gasteiger partial charge in [-0.3, -0.25) is 0 Å². The number of aryl methyl sites for hydroxylation is 2. The quantitative estimate of drug-likeness (QED) is 0.585. The van der Waals surface area contributed by atoms with Crippen LogP contribution in [0.1, 0.15) is 5.56 Å². The highest BCUT2D eigenvalue weighted by molar-refractivity contribution is 6.88. The van der Waals surface area contributed by atoms with Gasteiger partial charge in [0.25, 0.3) is 0 Å². The van der Waals surface area contributed by atoms with E-state index in [0.29, 0.717) is 0 Å². The van der Waals surface area contributed by atoms with Crippen LogP contribution < -0.4 is 9.75 Å². The summed E-state index contributed by atoms with van der Waals surface area (Å²) < 4.78 is 15.4. The van der Waals surface area contributed by atoms with Gasteiger partial charge in [-0.05, 0) is 18.6 Å². The van der Waals surface area contributed by atoms with Crippen molar-refractivity contribution < 1.29 is 8.96 Å². The van der Waals surface area contributed by atoms with Crippen LogP contribution in [0.25, 0.3) is 11.3 Å². The molecule has 1 heterocycles. The van der Waals surface area contributed by atoms with Crippen molar-refractivity contribution in [3.63, 3.8) is 0 Å². The lowest BCUT2D eigenvalue weighted by atomic mass is 10.0. The summed E-state index contributed by atoms with van der Waals surface area (Å²) in [6.07, 6.45) is 1.76. The van der Waals surface area contributed by atoms with Crippen molar-refractivity contribution >= 4 is 13.3 Å². The van der Waals surface area contributed by atoms with Gasteiger partial charge >= 0.3 is 0 Å². The van der Waals surface area contributed by atoms with Gasteiger partial charge in [0.15, 0.2) is 6.20 Å². The maximum Gasteiger partial charge on any atom is 0.215 e. The number of pyridine rings is 1. The number of hydrogen-bond donors (Lipinski definition) is 0. The summed E-state index contributed by atoms with van der Waals surface area (Å²) in [5.74, 6) is -0.193. The Labute approximate surface area is 115 Å². The topological polar surface area (TPSA) is 3.88 Å². The third kappa shape index (κ3) is 2.92. The van der Waals surface area contributed by atoms with Crippen molar-refractivity contribution in [3.8, 4) is 11.3 Å². The monoisotopic (exact) mass is 274 g/mol. The summed E-state index contributed by atoms with van der Waals surface area (Å²) in [5.41, 5.74) is 3.23. The molecule has 19 heavy (non-hydrogen) atoms. The second-order valence-electron chi connectivity index (χ2n) is 6.12. The Morgan fingerprint density at radius 1 is 1.05 bits per heavy atom. The largest absolute Gasteiger partial charge is 0.215 e. The molecule has 3 heteroatoms. The minimum atomic E-state index is -1.29. The van der Waals surface area contributed by atoms with Gasteiger partial charge in [0.05, 0.1) is 8.07 Å². The van der Waals surface area contributed by atoms with Gasteiger partial charge in [-0.15, -0.1) is 0 Å². The summed E-state index contributed by atoms with van der Waals surface area (Å²) in [4.78, 5) is 0. The zero-order valence-electron chi connectivity index (χ0n) is 12.3. The van der Waals surface area contributed by atoms with E-state index in [0.717, 1.165) is 11.3 Å². The molecule has 0 N–H and O–H groups in total. The molecule has 0 bridgehead atoms. The normalized spacial score (nSPS) is 11.7. The molecule has 0 spiro atoms. The third-order valence-electron chi connectivity index (χ3n) is 3.48. The van der Waals surface area contributed by atoms with Crippen molar-refractivity contribution in [2.45, 2.75) is 26.6 Å². The highest BCUT2D eigenvalue weighted by Crippen LogP contribution is 2.20. The lowest BCUT2D eigenvalue weighted by Crippen LogP contribution is -2.38. The molecule has 0 aliphatic heterocycles. The predicted octanol–water partition coefficient (Wildman–Crippen LogP) is 3.17.